The molecule has 5 rings (SSSR count). The van der Waals surface area contributed by atoms with Gasteiger partial charge in [-0.3, -0.25) is 9.78 Å². The molecule has 3 heterocycles. The lowest BCUT2D eigenvalue weighted by Crippen LogP contribution is -2.33. The summed E-state index contributed by atoms with van der Waals surface area (Å²) in [7, 11) is 0. The van der Waals surface area contributed by atoms with E-state index in [0.29, 0.717) is 12.5 Å². The highest BCUT2D eigenvalue weighted by atomic mass is 16.2. The minimum atomic E-state index is 0.149. The Hall–Kier alpha value is -3.47. The van der Waals surface area contributed by atoms with Gasteiger partial charge in [-0.15, -0.1) is 0 Å². The molecule has 1 fully saturated rings. The number of benzene rings is 2. The largest absolute Gasteiger partial charge is 0.339 e. The molecule has 1 amide bonds. The molecular formula is C28H30N4O. The average Bonchev–Trinajstić information content (AvgIpc) is 3.10. The fraction of sp³-hybridized carbons (Fsp3) is 0.321. The summed E-state index contributed by atoms with van der Waals surface area (Å²) in [6, 6.07) is 18.6. The predicted molar refractivity (Wildman–Crippen MR) is 131 cm³/mol. The van der Waals surface area contributed by atoms with Crippen LogP contribution in [-0.2, 0) is 13.0 Å². The van der Waals surface area contributed by atoms with Crippen molar-refractivity contribution in [2.75, 3.05) is 13.1 Å². The highest BCUT2D eigenvalue weighted by molar-refractivity contribution is 5.95. The van der Waals surface area contributed by atoms with E-state index < -0.39 is 0 Å². The lowest BCUT2D eigenvalue weighted by molar-refractivity contribution is 0.0758. The summed E-state index contributed by atoms with van der Waals surface area (Å²) < 4.78 is 2.09. The monoisotopic (exact) mass is 438 g/mol. The minimum Gasteiger partial charge on any atom is -0.339 e. The van der Waals surface area contributed by atoms with Gasteiger partial charge in [0.15, 0.2) is 0 Å². The van der Waals surface area contributed by atoms with E-state index in [-0.39, 0.29) is 5.91 Å². The lowest BCUT2D eigenvalue weighted by atomic mass is 9.91. The van der Waals surface area contributed by atoms with Gasteiger partial charge < -0.3 is 9.47 Å². The van der Waals surface area contributed by atoms with Crippen molar-refractivity contribution in [2.24, 2.45) is 5.92 Å². The molecule has 0 aliphatic carbocycles. The first-order valence-corrected chi connectivity index (χ1v) is 11.9. The molecule has 1 aliphatic heterocycles. The number of hydrogen-bond donors (Lipinski definition) is 0. The third-order valence-electron chi connectivity index (χ3n) is 6.87. The standard InChI is InChI=1S/C28H30N4O/c1-21-29-15-18-32(21)20-25-8-2-3-12-26(25)28(33)31-16-6-7-22(13-17-31)19-24-10-4-9-23-11-5-14-30-27(23)24/h2-5,8-12,14-15,18,22H,6-7,13,16-17,19-20H2,1H3/t22-/m1/s1. The van der Waals surface area contributed by atoms with E-state index in [0.717, 1.165) is 61.2 Å². The van der Waals surface area contributed by atoms with Crippen LogP contribution in [0, 0.1) is 12.8 Å². The number of fused-ring (bicyclic) bond motifs is 1. The number of aromatic nitrogens is 3. The zero-order valence-electron chi connectivity index (χ0n) is 19.2. The van der Waals surface area contributed by atoms with E-state index in [2.05, 4.69) is 49.8 Å². The molecular weight excluding hydrogens is 408 g/mol. The lowest BCUT2D eigenvalue weighted by Gasteiger charge is -2.22. The maximum atomic E-state index is 13.5. The summed E-state index contributed by atoms with van der Waals surface area (Å²) in [4.78, 5) is 24.5. The summed E-state index contributed by atoms with van der Waals surface area (Å²) in [5.41, 5.74) is 4.29. The maximum Gasteiger partial charge on any atom is 0.254 e. The molecule has 33 heavy (non-hydrogen) atoms. The van der Waals surface area contributed by atoms with Crippen molar-refractivity contribution in [3.8, 4) is 0 Å². The van der Waals surface area contributed by atoms with Crippen molar-refractivity contribution in [1.29, 1.82) is 0 Å². The fourth-order valence-electron chi connectivity index (χ4n) is 5.01. The number of carbonyl (C=O) groups is 1. The summed E-state index contributed by atoms with van der Waals surface area (Å²) in [5.74, 6) is 1.67. The molecule has 5 nitrogen and oxygen atoms in total. The highest BCUT2D eigenvalue weighted by Crippen LogP contribution is 2.26. The molecule has 0 N–H and O–H groups in total. The summed E-state index contributed by atoms with van der Waals surface area (Å²) in [6.45, 7) is 4.28. The number of pyridine rings is 1. The third-order valence-corrected chi connectivity index (χ3v) is 6.87. The Labute approximate surface area is 195 Å². The number of para-hydroxylation sites is 1. The van der Waals surface area contributed by atoms with Crippen LogP contribution in [0.4, 0.5) is 0 Å². The molecule has 2 aromatic carbocycles. The van der Waals surface area contributed by atoms with Crippen molar-refractivity contribution in [2.45, 2.75) is 39.2 Å². The molecule has 4 aromatic rings. The number of hydrogen-bond acceptors (Lipinski definition) is 3. The predicted octanol–water partition coefficient (Wildman–Crippen LogP) is 5.27. The molecule has 2 aromatic heterocycles. The Morgan fingerprint density at radius 1 is 0.939 bits per heavy atom. The molecule has 1 saturated heterocycles. The topological polar surface area (TPSA) is 51.0 Å². The van der Waals surface area contributed by atoms with Crippen molar-refractivity contribution in [3.05, 3.63) is 95.7 Å². The van der Waals surface area contributed by atoms with E-state index in [1.165, 1.54) is 10.9 Å². The second kappa shape index (κ2) is 9.57. The van der Waals surface area contributed by atoms with Crippen molar-refractivity contribution < 1.29 is 4.79 Å². The molecule has 0 unspecified atom stereocenters. The van der Waals surface area contributed by atoms with Crippen LogP contribution in [0.3, 0.4) is 0 Å². The van der Waals surface area contributed by atoms with Gasteiger partial charge in [-0.1, -0.05) is 42.5 Å². The first-order valence-electron chi connectivity index (χ1n) is 11.9. The first kappa shape index (κ1) is 21.4. The molecule has 5 heteroatoms. The van der Waals surface area contributed by atoms with E-state index >= 15 is 0 Å². The van der Waals surface area contributed by atoms with Gasteiger partial charge in [-0.25, -0.2) is 4.98 Å². The van der Waals surface area contributed by atoms with Crippen molar-refractivity contribution in [1.82, 2.24) is 19.4 Å². The van der Waals surface area contributed by atoms with E-state index in [4.69, 9.17) is 0 Å². The van der Waals surface area contributed by atoms with Crippen LogP contribution in [0.15, 0.2) is 73.2 Å². The number of aryl methyl sites for hydroxylation is 1. The van der Waals surface area contributed by atoms with Crippen LogP contribution in [0.5, 0.6) is 0 Å². The van der Waals surface area contributed by atoms with Crippen LogP contribution in [0.2, 0.25) is 0 Å². The summed E-state index contributed by atoms with van der Waals surface area (Å²) >= 11 is 0. The van der Waals surface area contributed by atoms with Gasteiger partial charge in [0, 0.05) is 49.2 Å². The third kappa shape index (κ3) is 4.68. The van der Waals surface area contributed by atoms with Crippen LogP contribution in [-0.4, -0.2) is 38.4 Å². The van der Waals surface area contributed by atoms with Crippen LogP contribution in [0.1, 0.15) is 46.6 Å². The molecule has 0 spiro atoms. The summed E-state index contributed by atoms with van der Waals surface area (Å²) in [6.07, 6.45) is 9.88. The maximum absolute atomic E-state index is 13.5. The molecule has 0 bridgehead atoms. The Morgan fingerprint density at radius 3 is 2.67 bits per heavy atom. The van der Waals surface area contributed by atoms with Crippen molar-refractivity contribution >= 4 is 16.8 Å². The van der Waals surface area contributed by atoms with E-state index in [9.17, 15) is 4.79 Å². The van der Waals surface area contributed by atoms with Gasteiger partial charge in [0.05, 0.1) is 5.52 Å². The smallest absolute Gasteiger partial charge is 0.254 e. The minimum absolute atomic E-state index is 0.149. The van der Waals surface area contributed by atoms with E-state index in [1.54, 1.807) is 6.20 Å². The first-order chi connectivity index (χ1) is 16.2. The Morgan fingerprint density at radius 2 is 1.79 bits per heavy atom. The Kier molecular flexibility index (Phi) is 6.20. The number of rotatable bonds is 5. The molecule has 0 saturated carbocycles. The average molecular weight is 439 g/mol. The zero-order valence-corrected chi connectivity index (χ0v) is 19.2. The highest BCUT2D eigenvalue weighted by Gasteiger charge is 2.24. The number of amides is 1. The quantitative estimate of drug-likeness (QED) is 0.426. The molecule has 0 radical (unpaired) electrons. The second-order valence-corrected chi connectivity index (χ2v) is 9.05. The SMILES string of the molecule is Cc1nccn1Cc1ccccc1C(=O)N1CCC[C@@H](Cc2cccc3cccnc23)CC1. The van der Waals surface area contributed by atoms with Gasteiger partial charge >= 0.3 is 0 Å². The Balaban J connectivity index is 1.29. The number of carbonyl (C=O) groups excluding carboxylic acids is 1. The van der Waals surface area contributed by atoms with E-state index in [1.807, 2.05) is 43.6 Å². The van der Waals surface area contributed by atoms with Crippen LogP contribution < -0.4 is 0 Å². The number of nitrogens with zero attached hydrogens (tertiary/aromatic N) is 4. The fourth-order valence-corrected chi connectivity index (χ4v) is 5.01. The normalized spacial score (nSPS) is 16.6. The van der Waals surface area contributed by atoms with Gasteiger partial charge in [0.1, 0.15) is 5.82 Å². The van der Waals surface area contributed by atoms with Crippen molar-refractivity contribution in [3.63, 3.8) is 0 Å². The second-order valence-electron chi connectivity index (χ2n) is 9.05. The molecule has 168 valence electrons. The zero-order chi connectivity index (χ0) is 22.6. The van der Waals surface area contributed by atoms with Gasteiger partial charge in [-0.05, 0) is 61.8 Å². The molecule has 1 aliphatic rings. The number of imidazole rings is 1. The number of likely N-dealkylation sites (tertiary alicyclic amines) is 1. The van der Waals surface area contributed by atoms with Crippen LogP contribution >= 0.6 is 0 Å². The van der Waals surface area contributed by atoms with Crippen LogP contribution in [0.25, 0.3) is 10.9 Å². The Bertz CT molecular complexity index is 1260. The summed E-state index contributed by atoms with van der Waals surface area (Å²) in [5, 5.41) is 1.20. The molecule has 1 atom stereocenters. The van der Waals surface area contributed by atoms with Gasteiger partial charge in [0.2, 0.25) is 0 Å². The van der Waals surface area contributed by atoms with Gasteiger partial charge in [0.25, 0.3) is 5.91 Å². The van der Waals surface area contributed by atoms with Gasteiger partial charge in [-0.2, -0.15) is 0 Å².